The maximum atomic E-state index is 2.48. The Hall–Kier alpha value is -1.60. The summed E-state index contributed by atoms with van der Waals surface area (Å²) in [5.74, 6) is 0.610. The first-order valence-electron chi connectivity index (χ1n) is 8.32. The molecular formula is C21H26Si. The average Bonchev–Trinajstić information content (AvgIpc) is 2.77. The lowest BCUT2D eigenvalue weighted by Gasteiger charge is -2.28. The number of hydrogen-bond acceptors (Lipinski definition) is 0. The highest BCUT2D eigenvalue weighted by Gasteiger charge is 2.29. The topological polar surface area (TPSA) is 0 Å². The van der Waals surface area contributed by atoms with Crippen molar-refractivity contribution < 1.29 is 0 Å². The van der Waals surface area contributed by atoms with Gasteiger partial charge in [0.15, 0.2) is 0 Å². The summed E-state index contributed by atoms with van der Waals surface area (Å²) in [4.78, 5) is 0. The third-order valence-electron chi connectivity index (χ3n) is 5.14. The Morgan fingerprint density at radius 1 is 1.09 bits per heavy atom. The molecule has 0 aliphatic heterocycles. The van der Waals surface area contributed by atoms with Gasteiger partial charge in [0.2, 0.25) is 0 Å². The summed E-state index contributed by atoms with van der Waals surface area (Å²) in [6.07, 6.45) is 12.9. The lowest BCUT2D eigenvalue weighted by atomic mass is 10.0. The number of aryl methyl sites for hydroxylation is 1. The lowest BCUT2D eigenvalue weighted by Crippen LogP contribution is -2.20. The van der Waals surface area contributed by atoms with Crippen LogP contribution in [0.5, 0.6) is 0 Å². The molecule has 0 spiro atoms. The van der Waals surface area contributed by atoms with E-state index >= 15 is 0 Å². The Morgan fingerprint density at radius 3 is 2.45 bits per heavy atom. The van der Waals surface area contributed by atoms with Crippen LogP contribution >= 0.6 is 0 Å². The molecule has 22 heavy (non-hydrogen) atoms. The second kappa shape index (κ2) is 5.89. The maximum absolute atomic E-state index is 2.48. The predicted molar refractivity (Wildman–Crippen MR) is 101 cm³/mol. The van der Waals surface area contributed by atoms with Crippen LogP contribution in [0, 0.1) is 12.8 Å². The van der Waals surface area contributed by atoms with Crippen molar-refractivity contribution in [2.24, 2.45) is 5.92 Å². The van der Waals surface area contributed by atoms with Gasteiger partial charge >= 0.3 is 0 Å². The van der Waals surface area contributed by atoms with E-state index in [0.717, 1.165) is 0 Å². The van der Waals surface area contributed by atoms with Crippen molar-refractivity contribution in [3.63, 3.8) is 0 Å². The maximum Gasteiger partial charge on any atom is 0.0615 e. The monoisotopic (exact) mass is 306 g/mol. The van der Waals surface area contributed by atoms with Gasteiger partial charge in [0, 0.05) is 0 Å². The van der Waals surface area contributed by atoms with Crippen molar-refractivity contribution in [2.45, 2.75) is 39.2 Å². The molecule has 2 atom stereocenters. The van der Waals surface area contributed by atoms with Crippen LogP contribution in [0.3, 0.4) is 0 Å². The fourth-order valence-corrected chi connectivity index (χ4v) is 6.00. The zero-order valence-corrected chi connectivity index (χ0v) is 15.6. The minimum atomic E-state index is -0.304. The number of hydrogen-bond donors (Lipinski definition) is 0. The highest BCUT2D eigenvalue weighted by Crippen LogP contribution is 2.43. The van der Waals surface area contributed by atoms with Crippen molar-refractivity contribution in [1.29, 1.82) is 0 Å². The van der Waals surface area contributed by atoms with Gasteiger partial charge in [-0.25, -0.2) is 0 Å². The third-order valence-corrected chi connectivity index (χ3v) is 8.03. The Labute approximate surface area is 137 Å². The highest BCUT2D eigenvalue weighted by atomic mass is 28.2. The Balaban J connectivity index is 1.88. The van der Waals surface area contributed by atoms with E-state index in [2.05, 4.69) is 82.3 Å². The standard InChI is InChI=1S/C21H26Si/c1-15-8-10-18(11-9-15)19-14-16(2)20(17(19)3)22-21(4)12-6-5-7-13-21/h5-12,14,16H,13,22H2,1-4H3. The molecule has 0 N–H and O–H groups in total. The van der Waals surface area contributed by atoms with Gasteiger partial charge in [-0.1, -0.05) is 79.3 Å². The Morgan fingerprint density at radius 2 is 1.82 bits per heavy atom. The van der Waals surface area contributed by atoms with E-state index in [1.807, 2.05) is 0 Å². The SMILES string of the molecule is CC1=C([SiH2]C2(C)C=CC=CC2)C(C)C=C1c1ccc(C)cc1. The van der Waals surface area contributed by atoms with E-state index < -0.39 is 0 Å². The summed E-state index contributed by atoms with van der Waals surface area (Å²) in [6.45, 7) is 9.30. The normalized spacial score (nSPS) is 28.0. The molecular weight excluding hydrogens is 280 g/mol. The summed E-state index contributed by atoms with van der Waals surface area (Å²) in [6, 6.07) is 8.98. The van der Waals surface area contributed by atoms with E-state index in [4.69, 9.17) is 0 Å². The van der Waals surface area contributed by atoms with E-state index in [9.17, 15) is 0 Å². The summed E-state index contributed by atoms with van der Waals surface area (Å²) in [5, 5.41) is 2.16. The molecule has 2 aliphatic rings. The first kappa shape index (κ1) is 15.3. The van der Waals surface area contributed by atoms with E-state index in [-0.39, 0.29) is 9.52 Å². The van der Waals surface area contributed by atoms with Crippen molar-refractivity contribution in [3.05, 3.63) is 76.5 Å². The predicted octanol–water partition coefficient (Wildman–Crippen LogP) is 5.17. The summed E-state index contributed by atoms with van der Waals surface area (Å²) >= 11 is 0. The molecule has 0 fully saturated rings. The zero-order valence-electron chi connectivity index (χ0n) is 14.2. The molecule has 0 radical (unpaired) electrons. The van der Waals surface area contributed by atoms with Crippen molar-refractivity contribution >= 4 is 15.1 Å². The molecule has 0 aromatic heterocycles. The van der Waals surface area contributed by atoms with Gasteiger partial charge < -0.3 is 0 Å². The molecule has 1 aromatic carbocycles. The van der Waals surface area contributed by atoms with Crippen LogP contribution in [0.25, 0.3) is 5.57 Å². The van der Waals surface area contributed by atoms with E-state index in [1.165, 1.54) is 23.1 Å². The van der Waals surface area contributed by atoms with Gasteiger partial charge in [-0.05, 0) is 47.9 Å². The third kappa shape index (κ3) is 2.96. The van der Waals surface area contributed by atoms with Crippen molar-refractivity contribution in [3.8, 4) is 0 Å². The molecule has 1 aromatic rings. The highest BCUT2D eigenvalue weighted by molar-refractivity contribution is 6.51. The second-order valence-corrected chi connectivity index (χ2v) is 9.94. The van der Waals surface area contributed by atoms with Gasteiger partial charge in [0.25, 0.3) is 0 Å². The average molecular weight is 307 g/mol. The molecule has 2 unspecified atom stereocenters. The smallest absolute Gasteiger partial charge is 0.0615 e. The number of rotatable bonds is 3. The number of allylic oxidation sites excluding steroid dienone is 8. The van der Waals surface area contributed by atoms with Crippen LogP contribution < -0.4 is 0 Å². The van der Waals surface area contributed by atoms with Crippen LogP contribution in [0.15, 0.2) is 65.4 Å². The fraction of sp³-hybridized carbons (Fsp3) is 0.333. The summed E-state index contributed by atoms with van der Waals surface area (Å²) < 4.78 is 0. The van der Waals surface area contributed by atoms with Gasteiger partial charge in [-0.2, -0.15) is 0 Å². The lowest BCUT2D eigenvalue weighted by molar-refractivity contribution is 0.747. The Bertz CT molecular complexity index is 685. The minimum absolute atomic E-state index is 0.304. The van der Waals surface area contributed by atoms with Gasteiger partial charge in [0.05, 0.1) is 9.52 Å². The molecule has 2 aliphatic carbocycles. The summed E-state index contributed by atoms with van der Waals surface area (Å²) in [7, 11) is -0.304. The molecule has 0 bridgehead atoms. The largest absolute Gasteiger partial charge is 0.0840 e. The number of benzene rings is 1. The summed E-state index contributed by atoms with van der Waals surface area (Å²) in [5.41, 5.74) is 5.72. The second-order valence-electron chi connectivity index (χ2n) is 7.21. The quantitative estimate of drug-likeness (QED) is 0.676. The molecule has 3 rings (SSSR count). The fourth-order valence-electron chi connectivity index (χ4n) is 3.67. The van der Waals surface area contributed by atoms with Crippen LogP contribution in [0.2, 0.25) is 5.04 Å². The zero-order chi connectivity index (χ0) is 15.7. The van der Waals surface area contributed by atoms with Crippen LogP contribution in [-0.2, 0) is 0 Å². The minimum Gasteiger partial charge on any atom is -0.0840 e. The first-order chi connectivity index (χ1) is 10.5. The molecule has 0 amide bonds. The molecule has 1 heteroatoms. The molecule has 0 nitrogen and oxygen atoms in total. The Kier molecular flexibility index (Phi) is 4.09. The van der Waals surface area contributed by atoms with Gasteiger partial charge in [0.1, 0.15) is 0 Å². The molecule has 0 heterocycles. The van der Waals surface area contributed by atoms with Gasteiger partial charge in [-0.15, -0.1) is 0 Å². The van der Waals surface area contributed by atoms with E-state index in [0.29, 0.717) is 11.0 Å². The van der Waals surface area contributed by atoms with E-state index in [1.54, 1.807) is 10.8 Å². The van der Waals surface area contributed by atoms with Crippen molar-refractivity contribution in [1.82, 2.24) is 0 Å². The molecule has 114 valence electrons. The molecule has 0 saturated heterocycles. The first-order valence-corrected chi connectivity index (χ1v) is 9.73. The van der Waals surface area contributed by atoms with Crippen molar-refractivity contribution in [2.75, 3.05) is 0 Å². The molecule has 0 saturated carbocycles. The van der Waals surface area contributed by atoms with Crippen LogP contribution in [0.4, 0.5) is 0 Å². The van der Waals surface area contributed by atoms with Gasteiger partial charge in [-0.3, -0.25) is 0 Å². The van der Waals surface area contributed by atoms with Crippen LogP contribution in [0.1, 0.15) is 38.3 Å². The van der Waals surface area contributed by atoms with Crippen LogP contribution in [-0.4, -0.2) is 9.52 Å².